The summed E-state index contributed by atoms with van der Waals surface area (Å²) in [6.45, 7) is 14.9. The fraction of sp³-hybridized carbons (Fsp3) is 0.692. The molecular formula is C13H24Li2NO4S2Si-. The summed E-state index contributed by atoms with van der Waals surface area (Å²) in [7, 11) is -1.91. The predicted molar refractivity (Wildman–Crippen MR) is 86.9 cm³/mol. The van der Waals surface area contributed by atoms with Crippen LogP contribution in [-0.4, -0.2) is 27.5 Å². The molecule has 23 heavy (non-hydrogen) atoms. The van der Waals surface area contributed by atoms with Gasteiger partial charge >= 0.3 is 37.7 Å². The van der Waals surface area contributed by atoms with Crippen LogP contribution in [0.3, 0.4) is 0 Å². The van der Waals surface area contributed by atoms with Crippen molar-refractivity contribution in [1.82, 2.24) is 4.98 Å². The van der Waals surface area contributed by atoms with E-state index in [1.165, 1.54) is 11.3 Å². The first-order chi connectivity index (χ1) is 8.95. The Hall–Kier alpha value is 0.942. The van der Waals surface area contributed by atoms with E-state index in [2.05, 4.69) is 38.8 Å². The number of aromatic nitrogens is 1. The summed E-state index contributed by atoms with van der Waals surface area (Å²) in [6, 6.07) is 0. The quantitative estimate of drug-likeness (QED) is 0.333. The van der Waals surface area contributed by atoms with Gasteiger partial charge in [0.05, 0.1) is 12.3 Å². The zero-order valence-electron chi connectivity index (χ0n) is 15.6. The summed E-state index contributed by atoms with van der Waals surface area (Å²) in [5.41, 5.74) is 0.532. The maximum atomic E-state index is 11.3. The van der Waals surface area contributed by atoms with Gasteiger partial charge in [-0.2, -0.15) is 13.8 Å². The van der Waals surface area contributed by atoms with Crippen molar-refractivity contribution in [2.75, 3.05) is 0 Å². The van der Waals surface area contributed by atoms with Gasteiger partial charge in [-0.15, -0.1) is 11.3 Å². The topological polar surface area (TPSA) is 92.2 Å². The first kappa shape index (κ1) is 28.7. The number of thiazole rings is 1. The maximum absolute atomic E-state index is 11.3. The minimum Gasteiger partial charge on any atom is -0.870 e. The first-order valence-electron chi connectivity index (χ1n) is 6.49. The number of hydrogen-bond donors (Lipinski definition) is 0. The van der Waals surface area contributed by atoms with Gasteiger partial charge in [0.1, 0.15) is 4.21 Å². The van der Waals surface area contributed by atoms with Crippen LogP contribution in [0, 0.1) is 5.92 Å². The average molecular weight is 364 g/mol. The van der Waals surface area contributed by atoms with E-state index in [9.17, 15) is 8.76 Å². The third kappa shape index (κ3) is 7.79. The van der Waals surface area contributed by atoms with Crippen LogP contribution in [0.15, 0.2) is 4.21 Å². The first-order valence-corrected chi connectivity index (χ1v) is 11.3. The molecule has 0 aliphatic carbocycles. The molecule has 1 unspecified atom stereocenters. The van der Waals surface area contributed by atoms with Crippen molar-refractivity contribution in [2.45, 2.75) is 63.6 Å². The van der Waals surface area contributed by atoms with Crippen LogP contribution in [0.5, 0.6) is 0 Å². The molecule has 0 saturated heterocycles. The molecule has 0 aromatic carbocycles. The molecular weight excluding hydrogens is 340 g/mol. The molecule has 0 saturated carbocycles. The molecule has 1 N–H and O–H groups in total. The third-order valence-electron chi connectivity index (χ3n) is 3.62. The molecule has 1 aromatic rings. The molecule has 10 heteroatoms. The molecule has 1 heterocycles. The Morgan fingerprint density at radius 2 is 1.78 bits per heavy atom. The van der Waals surface area contributed by atoms with Crippen LogP contribution in [0.1, 0.15) is 45.3 Å². The second kappa shape index (κ2) is 10.8. The Labute approximate surface area is 171 Å². The average Bonchev–Trinajstić information content (AvgIpc) is 2.69. The minimum atomic E-state index is -2.26. The van der Waals surface area contributed by atoms with Gasteiger partial charge in [0.2, 0.25) is 0 Å². The molecule has 0 aliphatic rings. The van der Waals surface area contributed by atoms with Crippen molar-refractivity contribution >= 4 is 30.7 Å². The van der Waals surface area contributed by atoms with Gasteiger partial charge in [-0.25, -0.2) is 0 Å². The smallest absolute Gasteiger partial charge is 0.870 e. The molecule has 1 aromatic heterocycles. The van der Waals surface area contributed by atoms with Crippen LogP contribution in [-0.2, 0) is 22.1 Å². The van der Waals surface area contributed by atoms with Gasteiger partial charge in [-0.1, -0.05) is 20.8 Å². The normalized spacial score (nSPS) is 12.5. The molecule has 124 valence electrons. The molecule has 5 nitrogen and oxygen atoms in total. The van der Waals surface area contributed by atoms with Crippen LogP contribution in [0.4, 0.5) is 0 Å². The third-order valence-corrected chi connectivity index (χ3v) is 10.4. The molecule has 0 amide bonds. The summed E-state index contributed by atoms with van der Waals surface area (Å²) in [5, 5.41) is 0.855. The fourth-order valence-electron chi connectivity index (χ4n) is 1.24. The van der Waals surface area contributed by atoms with E-state index in [0.717, 1.165) is 10.9 Å². The SMILES string of the molecule is C[C-](C)c1nc(CO[Si](C)(C)C(C)(C)C)c(S(=O)[O-])s1.[Li+].[Li+].[OH-]. The minimum absolute atomic E-state index is 0. The van der Waals surface area contributed by atoms with Crippen molar-refractivity contribution in [3.63, 3.8) is 0 Å². The van der Waals surface area contributed by atoms with E-state index in [-0.39, 0.29) is 54.8 Å². The summed E-state index contributed by atoms with van der Waals surface area (Å²) in [4.78, 5) is 4.40. The maximum Gasteiger partial charge on any atom is 1.00 e. The zero-order chi connectivity index (χ0) is 15.7. The van der Waals surface area contributed by atoms with Crippen LogP contribution in [0.25, 0.3) is 0 Å². The second-order valence-electron chi connectivity index (χ2n) is 6.54. The molecule has 0 fully saturated rings. The van der Waals surface area contributed by atoms with Gasteiger partial charge in [-0.05, 0) is 34.2 Å². The van der Waals surface area contributed by atoms with Crippen molar-refractivity contribution in [2.24, 2.45) is 0 Å². The largest absolute Gasteiger partial charge is 1.00 e. The van der Waals surface area contributed by atoms with Gasteiger partial charge in [0.25, 0.3) is 0 Å². The molecule has 1 atom stereocenters. The zero-order valence-corrected chi connectivity index (χ0v) is 18.3. The monoisotopic (exact) mass is 364 g/mol. The summed E-state index contributed by atoms with van der Waals surface area (Å²) in [5.74, 6) is 1.01. The molecule has 0 radical (unpaired) electrons. The van der Waals surface area contributed by atoms with E-state index in [1.807, 2.05) is 13.8 Å². The summed E-state index contributed by atoms with van der Waals surface area (Å²) in [6.07, 6.45) is 0. The Balaban J connectivity index is -0.00000133. The van der Waals surface area contributed by atoms with E-state index < -0.39 is 19.4 Å². The van der Waals surface area contributed by atoms with Crippen molar-refractivity contribution in [3.05, 3.63) is 16.6 Å². The van der Waals surface area contributed by atoms with Crippen molar-refractivity contribution < 1.29 is 56.4 Å². The molecule has 0 spiro atoms. The molecule has 0 aliphatic heterocycles. The van der Waals surface area contributed by atoms with Gasteiger partial charge in [0, 0.05) is 0 Å². The summed E-state index contributed by atoms with van der Waals surface area (Å²) >= 11 is -1.05. The number of nitrogens with zero attached hydrogens (tertiary/aromatic N) is 1. The Morgan fingerprint density at radius 1 is 1.30 bits per heavy atom. The van der Waals surface area contributed by atoms with Crippen molar-refractivity contribution in [3.8, 4) is 0 Å². The van der Waals surface area contributed by atoms with Crippen molar-refractivity contribution in [1.29, 1.82) is 0 Å². The molecule has 0 bridgehead atoms. The van der Waals surface area contributed by atoms with E-state index in [1.54, 1.807) is 0 Å². The number of hydrogen-bond acceptors (Lipinski definition) is 6. The Kier molecular flexibility index (Phi) is 13.5. The van der Waals surface area contributed by atoms with E-state index in [4.69, 9.17) is 4.43 Å². The van der Waals surface area contributed by atoms with Crippen LogP contribution < -0.4 is 37.7 Å². The second-order valence-corrected chi connectivity index (χ2v) is 13.5. The van der Waals surface area contributed by atoms with E-state index >= 15 is 0 Å². The van der Waals surface area contributed by atoms with Gasteiger partial charge < -0.3 is 20.4 Å². The molecule has 1 rings (SSSR count). The van der Waals surface area contributed by atoms with Gasteiger partial charge in [-0.3, -0.25) is 9.19 Å². The van der Waals surface area contributed by atoms with E-state index in [0.29, 0.717) is 9.90 Å². The number of rotatable bonds is 5. The van der Waals surface area contributed by atoms with Crippen LogP contribution >= 0.6 is 11.3 Å². The Morgan fingerprint density at radius 3 is 2.13 bits per heavy atom. The predicted octanol–water partition coefficient (Wildman–Crippen LogP) is -2.30. The van der Waals surface area contributed by atoms with Crippen LogP contribution in [0.2, 0.25) is 18.1 Å². The standard InChI is InChI=1S/C13H24NO3S2Si.2Li.H2O/c1-9(2)11-14-10(12(18-11)19(15)16)8-17-20(6,7)13(3,4)5;;;/h8H2,1-7H3,(H,15,16);;;1H2/q-1;2*+1;/p-2. The summed E-state index contributed by atoms with van der Waals surface area (Å²) < 4.78 is 28.9. The van der Waals surface area contributed by atoms with Gasteiger partial charge in [0.15, 0.2) is 8.32 Å². The Bertz CT molecular complexity index is 505. The fourth-order valence-corrected chi connectivity index (χ4v) is 3.73.